The minimum absolute atomic E-state index is 0.0782. The summed E-state index contributed by atoms with van der Waals surface area (Å²) in [4.78, 5) is 17.5. The van der Waals surface area contributed by atoms with Crippen LogP contribution < -0.4 is 0 Å². The molecule has 0 amide bonds. The first-order valence-corrected chi connectivity index (χ1v) is 7.12. The van der Waals surface area contributed by atoms with Gasteiger partial charge in [0.1, 0.15) is 6.54 Å². The monoisotopic (exact) mass is 270 g/mol. The number of nitrogens with zero attached hydrogens (tertiary/aromatic N) is 2. The van der Waals surface area contributed by atoms with Gasteiger partial charge >= 0.3 is 5.97 Å². The van der Waals surface area contributed by atoms with Gasteiger partial charge in [-0.15, -0.1) is 0 Å². The fourth-order valence-electron chi connectivity index (χ4n) is 2.42. The summed E-state index contributed by atoms with van der Waals surface area (Å²) in [6.45, 7) is 7.09. The van der Waals surface area contributed by atoms with Gasteiger partial charge in [0.25, 0.3) is 0 Å². The molecular weight excluding hydrogens is 244 g/mol. The van der Waals surface area contributed by atoms with Gasteiger partial charge in [-0.3, -0.25) is 9.79 Å². The highest BCUT2D eigenvalue weighted by molar-refractivity contribution is 5.73. The van der Waals surface area contributed by atoms with Crippen molar-refractivity contribution in [2.24, 2.45) is 4.99 Å². The summed E-state index contributed by atoms with van der Waals surface area (Å²) in [7, 11) is 0. The molecule has 5 nitrogen and oxygen atoms in total. The van der Waals surface area contributed by atoms with E-state index >= 15 is 0 Å². The molecule has 1 aliphatic rings. The Balaban J connectivity index is 2.41. The maximum atomic E-state index is 11.2. The molecule has 0 aromatic rings. The molecule has 0 bridgehead atoms. The fourth-order valence-corrected chi connectivity index (χ4v) is 2.42. The Morgan fingerprint density at radius 3 is 2.63 bits per heavy atom. The summed E-state index contributed by atoms with van der Waals surface area (Å²) < 4.78 is 4.83. The summed E-state index contributed by atoms with van der Waals surface area (Å²) in [6.07, 6.45) is 5.32. The van der Waals surface area contributed by atoms with Gasteiger partial charge in [-0.05, 0) is 46.5 Å². The number of rotatable bonds is 6. The van der Waals surface area contributed by atoms with E-state index in [1.807, 2.05) is 6.92 Å². The highest BCUT2D eigenvalue weighted by Gasteiger charge is 2.30. The number of aliphatic hydroxyl groups is 1. The third-order valence-electron chi connectivity index (χ3n) is 3.62. The van der Waals surface area contributed by atoms with Crippen molar-refractivity contribution in [2.45, 2.75) is 58.1 Å². The Morgan fingerprint density at radius 1 is 1.47 bits per heavy atom. The maximum Gasteiger partial charge on any atom is 0.327 e. The smallest absolute Gasteiger partial charge is 0.327 e. The van der Waals surface area contributed by atoms with Gasteiger partial charge in [-0.25, -0.2) is 0 Å². The molecule has 0 atom stereocenters. The van der Waals surface area contributed by atoms with Crippen molar-refractivity contribution in [1.82, 2.24) is 4.90 Å². The fraction of sp³-hybridized carbons (Fsp3) is 0.857. The predicted octanol–water partition coefficient (Wildman–Crippen LogP) is 1.59. The van der Waals surface area contributed by atoms with Crippen LogP contribution in [0.4, 0.5) is 0 Å². The van der Waals surface area contributed by atoms with Crippen LogP contribution in [0, 0.1) is 0 Å². The lowest BCUT2D eigenvalue weighted by Gasteiger charge is -2.38. The highest BCUT2D eigenvalue weighted by atomic mass is 16.5. The molecule has 0 unspecified atom stereocenters. The molecule has 1 rings (SSSR count). The van der Waals surface area contributed by atoms with Gasteiger partial charge < -0.3 is 14.7 Å². The number of carbonyl (C=O) groups is 1. The van der Waals surface area contributed by atoms with E-state index in [4.69, 9.17) is 4.74 Å². The molecule has 1 fully saturated rings. The van der Waals surface area contributed by atoms with Gasteiger partial charge in [-0.1, -0.05) is 0 Å². The molecule has 0 radical (unpaired) electrons. The molecule has 0 aromatic heterocycles. The predicted molar refractivity (Wildman–Crippen MR) is 75.3 cm³/mol. The number of hydrogen-bond donors (Lipinski definition) is 1. The molecule has 0 aromatic carbocycles. The third kappa shape index (κ3) is 5.59. The first-order valence-electron chi connectivity index (χ1n) is 7.12. The van der Waals surface area contributed by atoms with Crippen molar-refractivity contribution >= 4 is 12.3 Å². The minimum Gasteiger partial charge on any atom is -0.465 e. The van der Waals surface area contributed by atoms with Crippen LogP contribution in [-0.4, -0.2) is 53.7 Å². The summed E-state index contributed by atoms with van der Waals surface area (Å²) in [5.74, 6) is -0.290. The molecule has 5 heteroatoms. The van der Waals surface area contributed by atoms with E-state index in [0.717, 1.165) is 32.2 Å². The molecule has 19 heavy (non-hydrogen) atoms. The van der Waals surface area contributed by atoms with E-state index in [0.29, 0.717) is 12.6 Å². The lowest BCUT2D eigenvalue weighted by atomic mass is 9.83. The van der Waals surface area contributed by atoms with E-state index in [1.54, 1.807) is 13.3 Å². The van der Waals surface area contributed by atoms with E-state index in [-0.39, 0.29) is 12.5 Å². The van der Waals surface area contributed by atoms with Gasteiger partial charge in [0.15, 0.2) is 0 Å². The Hall–Kier alpha value is -1.10. The van der Waals surface area contributed by atoms with Crippen LogP contribution in [0.5, 0.6) is 0 Å². The minimum atomic E-state index is -0.516. The number of hydrogen-bond acceptors (Lipinski definition) is 4. The Kier molecular flexibility index (Phi) is 6.28. The summed E-state index contributed by atoms with van der Waals surface area (Å²) in [5.41, 5.74) is -0.516. The van der Waals surface area contributed by atoms with E-state index < -0.39 is 5.60 Å². The molecule has 1 saturated carbocycles. The third-order valence-corrected chi connectivity index (χ3v) is 3.62. The number of aliphatic imine (C=N–C) groups is 1. The van der Waals surface area contributed by atoms with Gasteiger partial charge in [0.2, 0.25) is 0 Å². The van der Waals surface area contributed by atoms with Crippen LogP contribution >= 0.6 is 0 Å². The van der Waals surface area contributed by atoms with E-state index in [1.165, 1.54) is 0 Å². The second kappa shape index (κ2) is 7.48. The van der Waals surface area contributed by atoms with Crippen molar-refractivity contribution in [3.05, 3.63) is 0 Å². The summed E-state index contributed by atoms with van der Waals surface area (Å²) in [6, 6.07) is 0.413. The average molecular weight is 270 g/mol. The zero-order chi connectivity index (χ0) is 14.3. The van der Waals surface area contributed by atoms with Crippen molar-refractivity contribution in [3.63, 3.8) is 0 Å². The van der Waals surface area contributed by atoms with Crippen LogP contribution in [-0.2, 0) is 9.53 Å². The van der Waals surface area contributed by atoms with Crippen LogP contribution in [0.2, 0.25) is 0 Å². The van der Waals surface area contributed by atoms with Crippen LogP contribution in [0.15, 0.2) is 4.99 Å². The summed E-state index contributed by atoms with van der Waals surface area (Å²) >= 11 is 0. The highest BCUT2D eigenvalue weighted by Crippen LogP contribution is 2.29. The van der Waals surface area contributed by atoms with Gasteiger partial charge in [0, 0.05) is 12.6 Å². The Bertz CT molecular complexity index is 306. The standard InChI is InChI=1S/C14H26N2O3/c1-4-16(11-15-10-13(17)19-5-2)12-6-8-14(3,18)9-7-12/h11-12,18H,4-10H2,1-3H3. The van der Waals surface area contributed by atoms with Crippen molar-refractivity contribution in [1.29, 1.82) is 0 Å². The Morgan fingerprint density at radius 2 is 2.11 bits per heavy atom. The topological polar surface area (TPSA) is 62.1 Å². The molecular formula is C14H26N2O3. The quantitative estimate of drug-likeness (QED) is 0.452. The van der Waals surface area contributed by atoms with Crippen molar-refractivity contribution in [3.8, 4) is 0 Å². The number of ether oxygens (including phenoxy) is 1. The van der Waals surface area contributed by atoms with Gasteiger partial charge in [-0.2, -0.15) is 0 Å². The van der Waals surface area contributed by atoms with Crippen LogP contribution in [0.3, 0.4) is 0 Å². The van der Waals surface area contributed by atoms with Crippen LogP contribution in [0.25, 0.3) is 0 Å². The second-order valence-corrected chi connectivity index (χ2v) is 5.32. The maximum absolute atomic E-state index is 11.2. The molecule has 0 aliphatic heterocycles. The Labute approximate surface area is 115 Å². The van der Waals surface area contributed by atoms with E-state index in [2.05, 4.69) is 16.8 Å². The number of carbonyl (C=O) groups excluding carboxylic acids is 1. The van der Waals surface area contributed by atoms with Crippen molar-refractivity contribution < 1.29 is 14.6 Å². The molecule has 0 spiro atoms. The normalized spacial score (nSPS) is 27.5. The number of esters is 1. The molecule has 1 aliphatic carbocycles. The van der Waals surface area contributed by atoms with E-state index in [9.17, 15) is 9.90 Å². The van der Waals surface area contributed by atoms with Crippen LogP contribution in [0.1, 0.15) is 46.5 Å². The lowest BCUT2D eigenvalue weighted by molar-refractivity contribution is -0.141. The summed E-state index contributed by atoms with van der Waals surface area (Å²) in [5, 5.41) is 9.94. The second-order valence-electron chi connectivity index (χ2n) is 5.32. The lowest BCUT2D eigenvalue weighted by Crippen LogP contribution is -2.41. The molecule has 0 saturated heterocycles. The molecule has 1 N–H and O–H groups in total. The zero-order valence-corrected chi connectivity index (χ0v) is 12.3. The first-order chi connectivity index (χ1) is 8.98. The first kappa shape index (κ1) is 16.0. The molecule has 110 valence electrons. The SMILES string of the molecule is CCOC(=O)CN=CN(CC)C1CCC(C)(O)CC1. The average Bonchev–Trinajstić information content (AvgIpc) is 2.36. The largest absolute Gasteiger partial charge is 0.465 e. The molecule has 0 heterocycles. The van der Waals surface area contributed by atoms with Gasteiger partial charge in [0.05, 0.1) is 18.5 Å². The zero-order valence-electron chi connectivity index (χ0n) is 12.3. The van der Waals surface area contributed by atoms with Crippen molar-refractivity contribution in [2.75, 3.05) is 19.7 Å².